The zero-order chi connectivity index (χ0) is 16.8. The van der Waals surface area contributed by atoms with Crippen molar-refractivity contribution in [2.75, 3.05) is 7.11 Å². The van der Waals surface area contributed by atoms with Crippen molar-refractivity contribution in [3.05, 3.63) is 54.1 Å². The monoisotopic (exact) mass is 323 g/mol. The predicted molar refractivity (Wildman–Crippen MR) is 90.9 cm³/mol. The second kappa shape index (κ2) is 7.36. The zero-order valence-electron chi connectivity index (χ0n) is 13.2. The molecule has 3 rings (SSSR count). The summed E-state index contributed by atoms with van der Waals surface area (Å²) in [5, 5.41) is 12.1. The Morgan fingerprint density at radius 3 is 2.83 bits per heavy atom. The topological polar surface area (TPSA) is 81.4 Å². The molecule has 2 aromatic carbocycles. The van der Waals surface area contributed by atoms with E-state index in [2.05, 4.69) is 20.8 Å². The molecule has 7 heteroatoms. The maximum Gasteiger partial charge on any atom is 0.241 e. The van der Waals surface area contributed by atoms with Crippen LogP contribution in [0.1, 0.15) is 12.0 Å². The number of para-hydroxylation sites is 1. The molecule has 0 atom stereocenters. The largest absolute Gasteiger partial charge is 0.497 e. The van der Waals surface area contributed by atoms with Crippen LogP contribution in [0.15, 0.2) is 53.6 Å². The number of fused-ring (bicyclic) bond motifs is 1. The molecule has 0 unspecified atom stereocenters. The lowest BCUT2D eigenvalue weighted by Gasteiger charge is -2.02. The Kier molecular flexibility index (Phi) is 4.81. The third kappa shape index (κ3) is 3.75. The van der Waals surface area contributed by atoms with Crippen LogP contribution in [-0.2, 0) is 11.3 Å². The van der Waals surface area contributed by atoms with Crippen molar-refractivity contribution in [3.63, 3.8) is 0 Å². The predicted octanol–water partition coefficient (Wildman–Crippen LogP) is 1.98. The number of hydrogen-bond donors (Lipinski definition) is 1. The number of hydrazone groups is 1. The SMILES string of the molecule is COc1ccc(/C=N\NC(=O)CCn2nnc3ccccc32)cc1. The van der Waals surface area contributed by atoms with E-state index in [1.165, 1.54) is 0 Å². The highest BCUT2D eigenvalue weighted by atomic mass is 16.5. The average molecular weight is 323 g/mol. The standard InChI is InChI=1S/C17H17N5O2/c1-24-14-8-6-13(7-9-14)12-18-20-17(23)10-11-22-16-5-3-2-4-15(16)19-21-22/h2-9,12H,10-11H2,1H3,(H,20,23)/b18-12-. The minimum Gasteiger partial charge on any atom is -0.497 e. The van der Waals surface area contributed by atoms with E-state index in [-0.39, 0.29) is 12.3 Å². The van der Waals surface area contributed by atoms with Gasteiger partial charge in [-0.2, -0.15) is 5.10 Å². The fraction of sp³-hybridized carbons (Fsp3) is 0.176. The first-order valence-corrected chi connectivity index (χ1v) is 7.50. The highest BCUT2D eigenvalue weighted by molar-refractivity contribution is 5.82. The van der Waals surface area contributed by atoms with Crippen molar-refractivity contribution < 1.29 is 9.53 Å². The van der Waals surface area contributed by atoms with Crippen LogP contribution in [0.5, 0.6) is 5.75 Å². The van der Waals surface area contributed by atoms with Gasteiger partial charge in [0.05, 0.1) is 25.4 Å². The van der Waals surface area contributed by atoms with Gasteiger partial charge in [0.1, 0.15) is 11.3 Å². The van der Waals surface area contributed by atoms with Gasteiger partial charge in [-0.25, -0.2) is 10.1 Å². The lowest BCUT2D eigenvalue weighted by Crippen LogP contribution is -2.19. The van der Waals surface area contributed by atoms with E-state index in [0.717, 1.165) is 22.3 Å². The Balaban J connectivity index is 1.51. The molecule has 1 N–H and O–H groups in total. The first kappa shape index (κ1) is 15.7. The third-order valence-corrected chi connectivity index (χ3v) is 3.49. The number of aromatic nitrogens is 3. The number of nitrogens with one attached hydrogen (secondary N) is 1. The van der Waals surface area contributed by atoms with E-state index in [0.29, 0.717) is 6.54 Å². The third-order valence-electron chi connectivity index (χ3n) is 3.49. The van der Waals surface area contributed by atoms with Crippen LogP contribution >= 0.6 is 0 Å². The van der Waals surface area contributed by atoms with Gasteiger partial charge >= 0.3 is 0 Å². The second-order valence-electron chi connectivity index (χ2n) is 5.12. The summed E-state index contributed by atoms with van der Waals surface area (Å²) in [7, 11) is 1.61. The van der Waals surface area contributed by atoms with Gasteiger partial charge in [0, 0.05) is 6.42 Å². The number of methoxy groups -OCH3 is 1. The van der Waals surface area contributed by atoms with E-state index in [9.17, 15) is 4.79 Å². The molecule has 0 spiro atoms. The normalized spacial score (nSPS) is 11.0. The van der Waals surface area contributed by atoms with Gasteiger partial charge in [-0.05, 0) is 42.0 Å². The van der Waals surface area contributed by atoms with Crippen LogP contribution in [0, 0.1) is 0 Å². The van der Waals surface area contributed by atoms with Gasteiger partial charge < -0.3 is 4.74 Å². The number of rotatable bonds is 6. The molecule has 24 heavy (non-hydrogen) atoms. The van der Waals surface area contributed by atoms with Gasteiger partial charge in [-0.15, -0.1) is 5.10 Å². The highest BCUT2D eigenvalue weighted by Crippen LogP contribution is 2.10. The molecule has 0 aliphatic heterocycles. The molecule has 0 aliphatic rings. The summed E-state index contributed by atoms with van der Waals surface area (Å²) >= 11 is 0. The number of benzene rings is 2. The van der Waals surface area contributed by atoms with Crippen molar-refractivity contribution in [2.45, 2.75) is 13.0 Å². The van der Waals surface area contributed by atoms with Gasteiger partial charge in [0.2, 0.25) is 5.91 Å². The molecule has 0 fully saturated rings. The van der Waals surface area contributed by atoms with Crippen molar-refractivity contribution in [2.24, 2.45) is 5.10 Å². The van der Waals surface area contributed by atoms with Crippen LogP contribution in [0.25, 0.3) is 11.0 Å². The van der Waals surface area contributed by atoms with E-state index in [1.807, 2.05) is 48.5 Å². The summed E-state index contributed by atoms with van der Waals surface area (Å²) in [5.74, 6) is 0.593. The molecular formula is C17H17N5O2. The fourth-order valence-corrected chi connectivity index (χ4v) is 2.21. The average Bonchev–Trinajstić information content (AvgIpc) is 3.04. The van der Waals surface area contributed by atoms with Crippen molar-refractivity contribution in [1.29, 1.82) is 0 Å². The maximum atomic E-state index is 11.9. The van der Waals surface area contributed by atoms with Crippen molar-refractivity contribution in [1.82, 2.24) is 20.4 Å². The molecule has 7 nitrogen and oxygen atoms in total. The first-order valence-electron chi connectivity index (χ1n) is 7.50. The van der Waals surface area contributed by atoms with Gasteiger partial charge in [-0.3, -0.25) is 4.79 Å². The molecule has 1 amide bonds. The van der Waals surface area contributed by atoms with Crippen molar-refractivity contribution >= 4 is 23.2 Å². The minimum atomic E-state index is -0.181. The summed E-state index contributed by atoms with van der Waals surface area (Å²) in [6, 6.07) is 15.0. The Bertz CT molecular complexity index is 855. The van der Waals surface area contributed by atoms with E-state index in [1.54, 1.807) is 18.0 Å². The quantitative estimate of drug-likeness (QED) is 0.555. The van der Waals surface area contributed by atoms with Crippen molar-refractivity contribution in [3.8, 4) is 5.75 Å². The van der Waals surface area contributed by atoms with Crippen LogP contribution < -0.4 is 10.2 Å². The lowest BCUT2D eigenvalue weighted by atomic mass is 10.2. The van der Waals surface area contributed by atoms with Gasteiger partial charge in [0.25, 0.3) is 0 Å². The van der Waals surface area contributed by atoms with Crippen LogP contribution in [-0.4, -0.2) is 34.2 Å². The summed E-state index contributed by atoms with van der Waals surface area (Å²) in [6.45, 7) is 0.449. The summed E-state index contributed by atoms with van der Waals surface area (Å²) in [5.41, 5.74) is 5.11. The number of carbonyl (C=O) groups is 1. The molecule has 0 bridgehead atoms. The Hall–Kier alpha value is -3.22. The molecule has 3 aromatic rings. The highest BCUT2D eigenvalue weighted by Gasteiger charge is 2.05. The van der Waals surface area contributed by atoms with E-state index >= 15 is 0 Å². The Morgan fingerprint density at radius 2 is 2.04 bits per heavy atom. The fourth-order valence-electron chi connectivity index (χ4n) is 2.21. The Morgan fingerprint density at radius 1 is 1.25 bits per heavy atom. The lowest BCUT2D eigenvalue weighted by molar-refractivity contribution is -0.121. The minimum absolute atomic E-state index is 0.181. The smallest absolute Gasteiger partial charge is 0.241 e. The van der Waals surface area contributed by atoms with Crippen LogP contribution in [0.4, 0.5) is 0 Å². The second-order valence-corrected chi connectivity index (χ2v) is 5.12. The molecule has 1 heterocycles. The molecular weight excluding hydrogens is 306 g/mol. The van der Waals surface area contributed by atoms with Gasteiger partial charge in [0.15, 0.2) is 0 Å². The summed E-state index contributed by atoms with van der Waals surface area (Å²) < 4.78 is 6.79. The summed E-state index contributed by atoms with van der Waals surface area (Å²) in [6.07, 6.45) is 1.86. The number of ether oxygens (including phenoxy) is 1. The number of aryl methyl sites for hydroxylation is 1. The number of carbonyl (C=O) groups excluding carboxylic acids is 1. The molecule has 1 aromatic heterocycles. The molecule has 0 saturated carbocycles. The molecule has 0 aliphatic carbocycles. The molecule has 0 radical (unpaired) electrons. The van der Waals surface area contributed by atoms with E-state index < -0.39 is 0 Å². The first-order chi connectivity index (χ1) is 11.8. The zero-order valence-corrected chi connectivity index (χ0v) is 13.2. The Labute approximate surface area is 138 Å². The maximum absolute atomic E-state index is 11.9. The molecule has 0 saturated heterocycles. The number of hydrogen-bond acceptors (Lipinski definition) is 5. The van der Waals surface area contributed by atoms with E-state index in [4.69, 9.17) is 4.74 Å². The summed E-state index contributed by atoms with van der Waals surface area (Å²) in [4.78, 5) is 11.9. The van der Waals surface area contributed by atoms with Crippen LogP contribution in [0.3, 0.4) is 0 Å². The number of amides is 1. The van der Waals surface area contributed by atoms with Gasteiger partial charge in [-0.1, -0.05) is 17.3 Å². The molecule has 122 valence electrons. The van der Waals surface area contributed by atoms with Crippen LogP contribution in [0.2, 0.25) is 0 Å². The number of nitrogens with zero attached hydrogens (tertiary/aromatic N) is 4.